The zero-order chi connectivity index (χ0) is 11.6. The van der Waals surface area contributed by atoms with E-state index in [2.05, 4.69) is 16.2 Å². The molecule has 0 amide bonds. The molecule has 0 aliphatic carbocycles. The smallest absolute Gasteiger partial charge is 0.180 e. The Balaban J connectivity index is 3.01. The van der Waals surface area contributed by atoms with Crippen LogP contribution in [0.4, 0.5) is 0 Å². The lowest BCUT2D eigenvalue weighted by Crippen LogP contribution is -2.16. The first-order chi connectivity index (χ1) is 6.82. The minimum absolute atomic E-state index is 0.0717. The molecule has 0 aliphatic rings. The Labute approximate surface area is 94.4 Å². The standard InChI is InChI=1S/C11H16N2OS/c1-7(2)6-8(14)9-10(11(3,4)5)12-13-15-9/h1,6H2,2-5H3. The van der Waals surface area contributed by atoms with Crippen molar-refractivity contribution in [3.63, 3.8) is 0 Å². The van der Waals surface area contributed by atoms with Gasteiger partial charge in [-0.3, -0.25) is 4.79 Å². The normalized spacial score (nSPS) is 11.5. The molecule has 0 unspecified atom stereocenters. The third-order valence-corrected chi connectivity index (χ3v) is 2.68. The summed E-state index contributed by atoms with van der Waals surface area (Å²) in [6, 6.07) is 0. The fraction of sp³-hybridized carbons (Fsp3) is 0.545. The molecule has 0 aliphatic heterocycles. The van der Waals surface area contributed by atoms with E-state index in [1.807, 2.05) is 27.7 Å². The largest absolute Gasteiger partial charge is 0.293 e. The minimum atomic E-state index is -0.132. The summed E-state index contributed by atoms with van der Waals surface area (Å²) in [6.45, 7) is 11.7. The van der Waals surface area contributed by atoms with Gasteiger partial charge in [-0.05, 0) is 18.5 Å². The summed E-state index contributed by atoms with van der Waals surface area (Å²) in [7, 11) is 0. The maximum atomic E-state index is 11.9. The first-order valence-electron chi connectivity index (χ1n) is 4.83. The second-order valence-electron chi connectivity index (χ2n) is 4.76. The number of hydrogen-bond acceptors (Lipinski definition) is 4. The number of aromatic nitrogens is 2. The van der Waals surface area contributed by atoms with Crippen LogP contribution in [0.3, 0.4) is 0 Å². The van der Waals surface area contributed by atoms with Gasteiger partial charge >= 0.3 is 0 Å². The highest BCUT2D eigenvalue weighted by Crippen LogP contribution is 2.27. The van der Waals surface area contributed by atoms with Crippen LogP contribution in [0.1, 0.15) is 49.5 Å². The maximum absolute atomic E-state index is 11.9. The van der Waals surface area contributed by atoms with E-state index in [-0.39, 0.29) is 11.2 Å². The van der Waals surface area contributed by atoms with Gasteiger partial charge in [-0.15, -0.1) is 5.10 Å². The first-order valence-corrected chi connectivity index (χ1v) is 5.60. The Hall–Kier alpha value is -1.03. The zero-order valence-corrected chi connectivity index (χ0v) is 10.4. The van der Waals surface area contributed by atoms with Gasteiger partial charge in [0.25, 0.3) is 0 Å². The summed E-state index contributed by atoms with van der Waals surface area (Å²) in [5, 5.41) is 4.03. The van der Waals surface area contributed by atoms with Crippen LogP contribution in [-0.4, -0.2) is 15.4 Å². The van der Waals surface area contributed by atoms with Crippen LogP contribution in [0, 0.1) is 0 Å². The van der Waals surface area contributed by atoms with Crippen LogP contribution < -0.4 is 0 Å². The van der Waals surface area contributed by atoms with Crippen LogP contribution in [0.25, 0.3) is 0 Å². The van der Waals surface area contributed by atoms with E-state index < -0.39 is 0 Å². The average Bonchev–Trinajstić information content (AvgIpc) is 2.48. The predicted molar refractivity (Wildman–Crippen MR) is 62.4 cm³/mol. The third-order valence-electron chi connectivity index (χ3n) is 1.91. The number of nitrogens with zero attached hydrogens (tertiary/aromatic N) is 2. The fourth-order valence-electron chi connectivity index (χ4n) is 1.22. The van der Waals surface area contributed by atoms with Crippen LogP contribution in [0.2, 0.25) is 0 Å². The van der Waals surface area contributed by atoms with Crippen LogP contribution in [0.5, 0.6) is 0 Å². The van der Waals surface area contributed by atoms with E-state index >= 15 is 0 Å². The quantitative estimate of drug-likeness (QED) is 0.585. The zero-order valence-electron chi connectivity index (χ0n) is 9.63. The molecule has 0 N–H and O–H groups in total. The van der Waals surface area contributed by atoms with E-state index in [4.69, 9.17) is 0 Å². The number of hydrogen-bond donors (Lipinski definition) is 0. The Morgan fingerprint density at radius 3 is 2.53 bits per heavy atom. The summed E-state index contributed by atoms with van der Waals surface area (Å²) in [6.07, 6.45) is 0.382. The molecule has 0 aromatic carbocycles. The maximum Gasteiger partial charge on any atom is 0.180 e. The Morgan fingerprint density at radius 2 is 2.07 bits per heavy atom. The number of carbonyl (C=O) groups is 1. The average molecular weight is 224 g/mol. The number of Topliss-reactive ketones (excluding diaryl/α,β-unsaturated/α-hetero) is 1. The molecule has 1 heterocycles. The Bertz CT molecular complexity index is 388. The van der Waals surface area contributed by atoms with E-state index in [0.29, 0.717) is 11.3 Å². The highest BCUT2D eigenvalue weighted by Gasteiger charge is 2.25. The molecule has 0 fully saturated rings. The molecule has 82 valence electrons. The molecule has 4 heteroatoms. The molecule has 15 heavy (non-hydrogen) atoms. The molecular weight excluding hydrogens is 208 g/mol. The van der Waals surface area contributed by atoms with Gasteiger partial charge in [0.1, 0.15) is 4.88 Å². The molecule has 3 nitrogen and oxygen atoms in total. The summed E-state index contributed by atoms with van der Waals surface area (Å²) in [4.78, 5) is 12.5. The topological polar surface area (TPSA) is 42.9 Å². The lowest BCUT2D eigenvalue weighted by atomic mass is 9.90. The molecular formula is C11H16N2OS. The van der Waals surface area contributed by atoms with Gasteiger partial charge in [-0.1, -0.05) is 37.4 Å². The lowest BCUT2D eigenvalue weighted by Gasteiger charge is -2.15. The Kier molecular flexibility index (Phi) is 3.39. The number of ketones is 1. The van der Waals surface area contributed by atoms with Crippen molar-refractivity contribution in [3.8, 4) is 0 Å². The molecule has 1 aromatic rings. The number of rotatable bonds is 3. The predicted octanol–water partition coefficient (Wildman–Crippen LogP) is 2.98. The number of carbonyl (C=O) groups excluding carboxylic acids is 1. The molecule has 0 spiro atoms. The van der Waals surface area contributed by atoms with Gasteiger partial charge in [-0.2, -0.15) is 0 Å². The summed E-state index contributed by atoms with van der Waals surface area (Å²) in [5.74, 6) is 0.0717. The third kappa shape index (κ3) is 2.96. The monoisotopic (exact) mass is 224 g/mol. The number of allylic oxidation sites excluding steroid dienone is 1. The van der Waals surface area contributed by atoms with Crippen LogP contribution in [0.15, 0.2) is 12.2 Å². The highest BCUT2D eigenvalue weighted by molar-refractivity contribution is 7.08. The van der Waals surface area contributed by atoms with E-state index in [9.17, 15) is 4.79 Å². The summed E-state index contributed by atoms with van der Waals surface area (Å²) < 4.78 is 3.86. The highest BCUT2D eigenvalue weighted by atomic mass is 32.1. The van der Waals surface area contributed by atoms with Crippen LogP contribution >= 0.6 is 11.5 Å². The van der Waals surface area contributed by atoms with E-state index in [0.717, 1.165) is 11.3 Å². The van der Waals surface area contributed by atoms with E-state index in [1.165, 1.54) is 11.5 Å². The molecule has 0 saturated carbocycles. The molecule has 0 bridgehead atoms. The van der Waals surface area contributed by atoms with Gasteiger partial charge in [0.2, 0.25) is 0 Å². The summed E-state index contributed by atoms with van der Waals surface area (Å²) >= 11 is 1.17. The van der Waals surface area contributed by atoms with Crippen LogP contribution in [-0.2, 0) is 5.41 Å². The van der Waals surface area contributed by atoms with Gasteiger partial charge in [0, 0.05) is 11.8 Å². The van der Waals surface area contributed by atoms with Crippen molar-refractivity contribution in [2.45, 2.75) is 39.5 Å². The molecule has 1 aromatic heterocycles. The van der Waals surface area contributed by atoms with Gasteiger partial charge < -0.3 is 0 Å². The molecule has 0 atom stereocenters. The summed E-state index contributed by atoms with van der Waals surface area (Å²) in [5.41, 5.74) is 1.53. The van der Waals surface area contributed by atoms with Crippen molar-refractivity contribution in [2.24, 2.45) is 0 Å². The van der Waals surface area contributed by atoms with Crippen molar-refractivity contribution >= 4 is 17.3 Å². The fourth-order valence-corrected chi connectivity index (χ4v) is 2.03. The van der Waals surface area contributed by atoms with Crippen molar-refractivity contribution in [1.82, 2.24) is 9.59 Å². The molecule has 0 radical (unpaired) electrons. The Morgan fingerprint density at radius 1 is 1.47 bits per heavy atom. The van der Waals surface area contributed by atoms with Crippen molar-refractivity contribution in [3.05, 3.63) is 22.7 Å². The van der Waals surface area contributed by atoms with Crippen molar-refractivity contribution in [1.29, 1.82) is 0 Å². The SMILES string of the molecule is C=C(C)CC(=O)c1snnc1C(C)(C)C. The second kappa shape index (κ2) is 4.23. The van der Waals surface area contributed by atoms with Crippen molar-refractivity contribution < 1.29 is 4.79 Å². The van der Waals surface area contributed by atoms with Gasteiger partial charge in [0.05, 0.1) is 5.69 Å². The first kappa shape index (κ1) is 12.0. The van der Waals surface area contributed by atoms with Crippen molar-refractivity contribution in [2.75, 3.05) is 0 Å². The molecule has 0 saturated heterocycles. The lowest BCUT2D eigenvalue weighted by molar-refractivity contribution is 0.0994. The molecule has 1 rings (SSSR count). The van der Waals surface area contributed by atoms with Gasteiger partial charge in [-0.25, -0.2) is 0 Å². The van der Waals surface area contributed by atoms with E-state index in [1.54, 1.807) is 0 Å². The van der Waals surface area contributed by atoms with Gasteiger partial charge in [0.15, 0.2) is 5.78 Å². The second-order valence-corrected chi connectivity index (χ2v) is 5.51. The minimum Gasteiger partial charge on any atom is -0.293 e.